The lowest BCUT2D eigenvalue weighted by atomic mass is 9.60. The van der Waals surface area contributed by atoms with E-state index >= 15 is 0 Å². The number of carbonyl (C=O) groups excluding carboxylic acids is 2. The summed E-state index contributed by atoms with van der Waals surface area (Å²) >= 11 is 0. The van der Waals surface area contributed by atoms with Crippen molar-refractivity contribution in [2.75, 3.05) is 6.61 Å². The van der Waals surface area contributed by atoms with E-state index in [4.69, 9.17) is 4.74 Å². The van der Waals surface area contributed by atoms with Crippen LogP contribution in [-0.2, 0) is 14.3 Å². The van der Waals surface area contributed by atoms with E-state index in [0.717, 1.165) is 0 Å². The van der Waals surface area contributed by atoms with Crippen LogP contribution in [-0.4, -0.2) is 50.5 Å². The van der Waals surface area contributed by atoms with Gasteiger partial charge in [-0.1, -0.05) is 32.9 Å². The van der Waals surface area contributed by atoms with Gasteiger partial charge in [0, 0.05) is 36.5 Å². The first-order valence-electron chi connectivity index (χ1n) is 10.0. The van der Waals surface area contributed by atoms with Crippen molar-refractivity contribution in [1.29, 1.82) is 0 Å². The molecule has 0 aromatic rings. The topological polar surface area (TPSA) is 104 Å². The van der Waals surface area contributed by atoms with Crippen LogP contribution in [0.2, 0.25) is 0 Å². The summed E-state index contributed by atoms with van der Waals surface area (Å²) < 4.78 is 5.83. The number of hydrogen-bond donors (Lipinski definition) is 3. The minimum atomic E-state index is -1.75. The summed E-state index contributed by atoms with van der Waals surface area (Å²) in [7, 11) is 0. The van der Waals surface area contributed by atoms with E-state index in [1.807, 2.05) is 26.8 Å². The molecular weight excluding hydrogens is 360 g/mol. The van der Waals surface area contributed by atoms with Gasteiger partial charge in [0.15, 0.2) is 5.78 Å². The Morgan fingerprint density at radius 3 is 2.50 bits per heavy atom. The fourth-order valence-corrected chi connectivity index (χ4v) is 6.85. The van der Waals surface area contributed by atoms with Crippen molar-refractivity contribution in [1.82, 2.24) is 0 Å². The van der Waals surface area contributed by atoms with Crippen LogP contribution >= 0.6 is 0 Å². The summed E-state index contributed by atoms with van der Waals surface area (Å²) in [4.78, 5) is 24.7. The van der Waals surface area contributed by atoms with Crippen LogP contribution < -0.4 is 0 Å². The summed E-state index contributed by atoms with van der Waals surface area (Å²) in [6.45, 7) is 8.72. The minimum Gasteiger partial charge on any atom is -0.458 e. The Hall–Kier alpha value is -1.50. The van der Waals surface area contributed by atoms with Crippen molar-refractivity contribution in [3.05, 3.63) is 23.3 Å². The molecule has 6 heteroatoms. The molecule has 4 rings (SSSR count). The molecule has 0 aliphatic heterocycles. The Kier molecular flexibility index (Phi) is 3.93. The maximum atomic E-state index is 12.8. The molecule has 4 aliphatic carbocycles. The van der Waals surface area contributed by atoms with Gasteiger partial charge in [-0.3, -0.25) is 9.59 Å². The SMILES string of the molecule is CC(=O)O[C@@]12C[C@@H](C)C3(O)[C@@H](C=C(CO)C[C@]4(O)C(=O)C(C)=C[C@@H]34)[C@@H]1C2(C)C. The summed E-state index contributed by atoms with van der Waals surface area (Å²) in [5.41, 5.74) is -3.19. The number of aliphatic hydroxyl groups excluding tert-OH is 1. The lowest BCUT2D eigenvalue weighted by Gasteiger charge is -2.50. The quantitative estimate of drug-likeness (QED) is 0.488. The van der Waals surface area contributed by atoms with Gasteiger partial charge in [-0.05, 0) is 30.4 Å². The van der Waals surface area contributed by atoms with Gasteiger partial charge in [0.25, 0.3) is 0 Å². The molecule has 7 atom stereocenters. The van der Waals surface area contributed by atoms with Gasteiger partial charge in [0.05, 0.1) is 12.2 Å². The zero-order valence-corrected chi connectivity index (χ0v) is 17.2. The fourth-order valence-electron chi connectivity index (χ4n) is 6.85. The molecule has 0 radical (unpaired) electrons. The molecule has 0 spiro atoms. The standard InChI is InChI=1S/C22H30O6/c1-11-6-16-20(26,18(11)25)9-14(10-23)7-15-17-19(4,5)21(17,28-13(3)24)8-12(2)22(15,16)27/h6-7,12,15-17,23,26-27H,8-10H2,1-5H3/t12-,15+,16-,17-,20-,21+,22?/m1/s1. The predicted molar refractivity (Wildman–Crippen MR) is 101 cm³/mol. The van der Waals surface area contributed by atoms with Crippen molar-refractivity contribution in [2.45, 2.75) is 64.3 Å². The predicted octanol–water partition coefficient (Wildman–Crippen LogP) is 1.53. The number of ketones is 1. The zero-order chi connectivity index (χ0) is 20.9. The van der Waals surface area contributed by atoms with Crippen LogP contribution in [0.4, 0.5) is 0 Å². The smallest absolute Gasteiger partial charge is 0.303 e. The Morgan fingerprint density at radius 1 is 1.29 bits per heavy atom. The molecule has 0 bridgehead atoms. The van der Waals surface area contributed by atoms with E-state index < -0.39 is 28.6 Å². The third kappa shape index (κ3) is 2.09. The highest BCUT2D eigenvalue weighted by atomic mass is 16.6. The molecule has 0 aromatic heterocycles. The lowest BCUT2D eigenvalue weighted by Crippen LogP contribution is -2.61. The van der Waals surface area contributed by atoms with E-state index in [1.54, 1.807) is 13.0 Å². The van der Waals surface area contributed by atoms with Crippen molar-refractivity contribution < 1.29 is 29.6 Å². The number of fused-ring (bicyclic) bond motifs is 5. The van der Waals surface area contributed by atoms with E-state index in [1.165, 1.54) is 6.92 Å². The maximum absolute atomic E-state index is 12.8. The molecule has 2 saturated carbocycles. The third-order valence-electron chi connectivity index (χ3n) is 8.20. The molecule has 0 heterocycles. The summed E-state index contributed by atoms with van der Waals surface area (Å²) in [5.74, 6) is -2.42. The average Bonchev–Trinajstić information content (AvgIpc) is 2.99. The lowest BCUT2D eigenvalue weighted by molar-refractivity contribution is -0.186. The molecule has 4 aliphatic rings. The third-order valence-corrected chi connectivity index (χ3v) is 8.20. The summed E-state index contributed by atoms with van der Waals surface area (Å²) in [6.07, 6.45) is 4.00. The second-order valence-electron chi connectivity index (χ2n) is 9.94. The second-order valence-corrected chi connectivity index (χ2v) is 9.94. The first-order chi connectivity index (χ1) is 12.9. The van der Waals surface area contributed by atoms with Crippen molar-refractivity contribution in [3.63, 3.8) is 0 Å². The Bertz CT molecular complexity index is 825. The number of Topliss-reactive ketones (excluding diaryl/α,β-unsaturated/α-hetero) is 1. The Morgan fingerprint density at radius 2 is 1.93 bits per heavy atom. The van der Waals surface area contributed by atoms with Crippen molar-refractivity contribution >= 4 is 11.8 Å². The molecule has 0 aromatic carbocycles. The van der Waals surface area contributed by atoms with Gasteiger partial charge in [0.1, 0.15) is 11.2 Å². The monoisotopic (exact) mass is 390 g/mol. The second kappa shape index (κ2) is 5.55. The van der Waals surface area contributed by atoms with E-state index in [-0.39, 0.29) is 42.0 Å². The average molecular weight is 390 g/mol. The molecule has 3 N–H and O–H groups in total. The van der Waals surface area contributed by atoms with E-state index in [9.17, 15) is 24.9 Å². The number of ether oxygens (including phenoxy) is 1. The van der Waals surface area contributed by atoms with Crippen LogP contribution in [0.5, 0.6) is 0 Å². The van der Waals surface area contributed by atoms with Crippen LogP contribution in [0.15, 0.2) is 23.3 Å². The molecule has 1 unspecified atom stereocenters. The van der Waals surface area contributed by atoms with Gasteiger partial charge >= 0.3 is 5.97 Å². The van der Waals surface area contributed by atoms with E-state index in [0.29, 0.717) is 17.6 Å². The highest BCUT2D eigenvalue weighted by Gasteiger charge is 2.83. The minimum absolute atomic E-state index is 0.0000834. The first-order valence-corrected chi connectivity index (χ1v) is 10.0. The number of hydrogen-bond acceptors (Lipinski definition) is 6. The molecule has 2 fully saturated rings. The number of esters is 1. The van der Waals surface area contributed by atoms with Crippen LogP contribution in [0, 0.1) is 29.1 Å². The molecule has 6 nitrogen and oxygen atoms in total. The molecule has 28 heavy (non-hydrogen) atoms. The Labute approximate surface area is 165 Å². The fraction of sp³-hybridized carbons (Fsp3) is 0.727. The van der Waals surface area contributed by atoms with Gasteiger partial charge in [-0.25, -0.2) is 0 Å². The van der Waals surface area contributed by atoms with Crippen molar-refractivity contribution in [3.8, 4) is 0 Å². The van der Waals surface area contributed by atoms with Crippen LogP contribution in [0.25, 0.3) is 0 Å². The van der Waals surface area contributed by atoms with Gasteiger partial charge < -0.3 is 20.1 Å². The number of aliphatic hydroxyl groups is 3. The van der Waals surface area contributed by atoms with E-state index in [2.05, 4.69) is 0 Å². The summed E-state index contributed by atoms with van der Waals surface area (Å²) in [5, 5.41) is 33.4. The molecular formula is C22H30O6. The van der Waals surface area contributed by atoms with Crippen molar-refractivity contribution in [2.24, 2.45) is 29.1 Å². The van der Waals surface area contributed by atoms with Gasteiger partial charge in [0.2, 0.25) is 0 Å². The highest BCUT2D eigenvalue weighted by molar-refractivity contribution is 6.04. The van der Waals surface area contributed by atoms with Gasteiger partial charge in [-0.2, -0.15) is 0 Å². The molecule has 0 saturated heterocycles. The van der Waals surface area contributed by atoms with Crippen LogP contribution in [0.3, 0.4) is 0 Å². The largest absolute Gasteiger partial charge is 0.458 e. The highest BCUT2D eigenvalue weighted by Crippen LogP contribution is 2.76. The summed E-state index contributed by atoms with van der Waals surface area (Å²) in [6, 6.07) is 0. The number of rotatable bonds is 2. The first kappa shape index (κ1) is 19.8. The van der Waals surface area contributed by atoms with Crippen LogP contribution in [0.1, 0.15) is 47.5 Å². The zero-order valence-electron chi connectivity index (χ0n) is 17.2. The Balaban J connectivity index is 1.90. The normalized spacial score (nSPS) is 48.5. The van der Waals surface area contributed by atoms with Gasteiger partial charge in [-0.15, -0.1) is 0 Å². The number of carbonyl (C=O) groups is 2. The molecule has 154 valence electrons. The molecule has 0 amide bonds. The maximum Gasteiger partial charge on any atom is 0.303 e.